The van der Waals surface area contributed by atoms with E-state index >= 15 is 0 Å². The van der Waals surface area contributed by atoms with Gasteiger partial charge in [-0.2, -0.15) is 0 Å². The molecule has 0 aromatic carbocycles. The first-order valence-electron chi connectivity index (χ1n) is 3.38. The summed E-state index contributed by atoms with van der Waals surface area (Å²) in [5.41, 5.74) is -0.515. The van der Waals surface area contributed by atoms with Crippen molar-refractivity contribution in [2.24, 2.45) is 0 Å². The highest BCUT2D eigenvalue weighted by atomic mass is 19.3. The van der Waals surface area contributed by atoms with Gasteiger partial charge in [-0.1, -0.05) is 0 Å². The maximum absolute atomic E-state index is 12.0. The van der Waals surface area contributed by atoms with Crippen molar-refractivity contribution in [1.82, 2.24) is 9.97 Å². The molecule has 1 heterocycles. The van der Waals surface area contributed by atoms with Crippen LogP contribution in [0.2, 0.25) is 0 Å². The van der Waals surface area contributed by atoms with Gasteiger partial charge >= 0.3 is 5.97 Å². The smallest absolute Gasteiger partial charge is 0.309 e. The van der Waals surface area contributed by atoms with Gasteiger partial charge in [0.25, 0.3) is 6.43 Å². The molecule has 0 saturated carbocycles. The Balaban J connectivity index is 2.85. The minimum absolute atomic E-state index is 0.217. The van der Waals surface area contributed by atoms with E-state index in [2.05, 4.69) is 14.7 Å². The summed E-state index contributed by atoms with van der Waals surface area (Å²) in [6, 6.07) is 0. The molecule has 0 aliphatic carbocycles. The van der Waals surface area contributed by atoms with Crippen LogP contribution in [0.4, 0.5) is 8.78 Å². The zero-order valence-electron chi connectivity index (χ0n) is 6.70. The van der Waals surface area contributed by atoms with Crippen molar-refractivity contribution in [3.8, 4) is 5.88 Å². The predicted molar refractivity (Wildman–Crippen MR) is 38.3 cm³/mol. The zero-order chi connectivity index (χ0) is 9.84. The fraction of sp³-hybridized carbons (Fsp3) is 0.286. The molecule has 0 unspecified atom stereocenters. The van der Waals surface area contributed by atoms with Crippen LogP contribution in [0.15, 0.2) is 12.4 Å². The van der Waals surface area contributed by atoms with E-state index < -0.39 is 18.1 Å². The van der Waals surface area contributed by atoms with Gasteiger partial charge in [-0.25, -0.2) is 13.8 Å². The van der Waals surface area contributed by atoms with E-state index in [1.165, 1.54) is 0 Å². The maximum Gasteiger partial charge on any atom is 0.309 e. The van der Waals surface area contributed by atoms with E-state index in [0.717, 1.165) is 19.3 Å². The van der Waals surface area contributed by atoms with Crippen molar-refractivity contribution in [1.29, 1.82) is 0 Å². The fourth-order valence-corrected chi connectivity index (χ4v) is 0.664. The lowest BCUT2D eigenvalue weighted by Gasteiger charge is -2.01. The standard InChI is InChI=1S/C7H6F2N2O2/c1-4(12)13-6-3-10-2-5(11-6)7(8)9/h2-3,7H,1H3. The van der Waals surface area contributed by atoms with Crippen molar-refractivity contribution in [2.75, 3.05) is 0 Å². The Morgan fingerprint density at radius 3 is 2.77 bits per heavy atom. The molecule has 0 amide bonds. The van der Waals surface area contributed by atoms with Gasteiger partial charge in [0, 0.05) is 6.92 Å². The van der Waals surface area contributed by atoms with Crippen LogP contribution in [0.1, 0.15) is 19.0 Å². The monoisotopic (exact) mass is 188 g/mol. The van der Waals surface area contributed by atoms with E-state index in [-0.39, 0.29) is 5.88 Å². The van der Waals surface area contributed by atoms with Gasteiger partial charge in [0.2, 0.25) is 5.88 Å². The molecule has 1 rings (SSSR count). The van der Waals surface area contributed by atoms with Crippen LogP contribution in [-0.4, -0.2) is 15.9 Å². The topological polar surface area (TPSA) is 52.1 Å². The van der Waals surface area contributed by atoms with Crippen LogP contribution >= 0.6 is 0 Å². The highest BCUT2D eigenvalue weighted by Crippen LogP contribution is 2.17. The van der Waals surface area contributed by atoms with Gasteiger partial charge in [-0.15, -0.1) is 0 Å². The van der Waals surface area contributed by atoms with E-state index in [1.54, 1.807) is 0 Å². The Morgan fingerprint density at radius 1 is 1.54 bits per heavy atom. The van der Waals surface area contributed by atoms with Crippen LogP contribution in [0.5, 0.6) is 5.88 Å². The predicted octanol–water partition coefficient (Wildman–Crippen LogP) is 1.34. The number of halogens is 2. The molecule has 1 aromatic rings. The highest BCUT2D eigenvalue weighted by Gasteiger charge is 2.10. The summed E-state index contributed by atoms with van der Waals surface area (Å²) in [6.45, 7) is 1.15. The van der Waals surface area contributed by atoms with Crippen molar-refractivity contribution in [3.05, 3.63) is 18.1 Å². The third kappa shape index (κ3) is 2.73. The number of hydrogen-bond acceptors (Lipinski definition) is 4. The number of esters is 1. The van der Waals surface area contributed by atoms with Crippen LogP contribution in [0.3, 0.4) is 0 Å². The molecule has 0 atom stereocenters. The van der Waals surface area contributed by atoms with Gasteiger partial charge < -0.3 is 4.74 Å². The van der Waals surface area contributed by atoms with Crippen LogP contribution in [0, 0.1) is 0 Å². The van der Waals surface area contributed by atoms with E-state index in [9.17, 15) is 13.6 Å². The summed E-state index contributed by atoms with van der Waals surface area (Å²) in [6.07, 6.45) is -0.715. The number of aromatic nitrogens is 2. The van der Waals surface area contributed by atoms with Crippen molar-refractivity contribution in [3.63, 3.8) is 0 Å². The molecular weight excluding hydrogens is 182 g/mol. The second-order valence-corrected chi connectivity index (χ2v) is 2.18. The number of alkyl halides is 2. The number of carbonyl (C=O) groups is 1. The lowest BCUT2D eigenvalue weighted by atomic mass is 10.5. The molecule has 0 saturated heterocycles. The first-order valence-corrected chi connectivity index (χ1v) is 3.38. The molecule has 0 radical (unpaired) electrons. The van der Waals surface area contributed by atoms with Crippen LogP contribution in [0.25, 0.3) is 0 Å². The summed E-state index contributed by atoms with van der Waals surface area (Å²) in [5, 5.41) is 0. The van der Waals surface area contributed by atoms with Crippen molar-refractivity contribution in [2.45, 2.75) is 13.3 Å². The first-order chi connectivity index (χ1) is 6.09. The Kier molecular flexibility index (Phi) is 2.84. The Bertz CT molecular complexity index is 317. The average molecular weight is 188 g/mol. The second-order valence-electron chi connectivity index (χ2n) is 2.18. The van der Waals surface area contributed by atoms with Gasteiger partial charge in [0.05, 0.1) is 12.4 Å². The first kappa shape index (κ1) is 9.50. The zero-order valence-corrected chi connectivity index (χ0v) is 6.70. The largest absolute Gasteiger partial charge is 0.406 e. The van der Waals surface area contributed by atoms with E-state index in [0.29, 0.717) is 0 Å². The Labute approximate surface area is 72.6 Å². The summed E-state index contributed by atoms with van der Waals surface area (Å²) >= 11 is 0. The molecular formula is C7H6F2N2O2. The maximum atomic E-state index is 12.0. The van der Waals surface area contributed by atoms with Crippen LogP contribution in [-0.2, 0) is 4.79 Å². The van der Waals surface area contributed by atoms with Gasteiger partial charge in [0.1, 0.15) is 5.69 Å². The molecule has 0 bridgehead atoms. The van der Waals surface area contributed by atoms with E-state index in [4.69, 9.17) is 0 Å². The molecule has 1 aromatic heterocycles. The summed E-state index contributed by atoms with van der Waals surface area (Å²) in [7, 11) is 0. The molecule has 0 fully saturated rings. The molecule has 0 spiro atoms. The lowest BCUT2D eigenvalue weighted by Crippen LogP contribution is -2.04. The molecule has 13 heavy (non-hydrogen) atoms. The molecule has 6 heteroatoms. The summed E-state index contributed by atoms with van der Waals surface area (Å²) in [4.78, 5) is 17.2. The summed E-state index contributed by atoms with van der Waals surface area (Å²) in [5.74, 6) is -0.842. The SMILES string of the molecule is CC(=O)Oc1cncc(C(F)F)n1. The Hall–Kier alpha value is -1.59. The molecule has 70 valence electrons. The minimum atomic E-state index is -2.72. The average Bonchev–Trinajstić information content (AvgIpc) is 2.03. The molecule has 0 aliphatic rings. The third-order valence-electron chi connectivity index (χ3n) is 1.10. The number of rotatable bonds is 2. The normalized spacial score (nSPS) is 10.2. The quantitative estimate of drug-likeness (QED) is 0.657. The number of nitrogens with zero attached hydrogens (tertiary/aromatic N) is 2. The van der Waals surface area contributed by atoms with Crippen LogP contribution < -0.4 is 4.74 Å². The van der Waals surface area contributed by atoms with Gasteiger partial charge in [-0.3, -0.25) is 9.78 Å². The Morgan fingerprint density at radius 2 is 2.23 bits per heavy atom. The van der Waals surface area contributed by atoms with Gasteiger partial charge in [0.15, 0.2) is 0 Å². The molecule has 0 aliphatic heterocycles. The van der Waals surface area contributed by atoms with E-state index in [1.807, 2.05) is 0 Å². The van der Waals surface area contributed by atoms with Crippen molar-refractivity contribution < 1.29 is 18.3 Å². The molecule has 0 N–H and O–H groups in total. The number of ether oxygens (including phenoxy) is 1. The minimum Gasteiger partial charge on any atom is -0.406 e. The highest BCUT2D eigenvalue weighted by molar-refractivity contribution is 5.68. The number of carbonyl (C=O) groups excluding carboxylic acids is 1. The number of hydrogen-bond donors (Lipinski definition) is 0. The third-order valence-corrected chi connectivity index (χ3v) is 1.10. The summed E-state index contributed by atoms with van der Waals surface area (Å²) < 4.78 is 28.5. The lowest BCUT2D eigenvalue weighted by molar-refractivity contribution is -0.132. The van der Waals surface area contributed by atoms with Crippen molar-refractivity contribution >= 4 is 5.97 Å². The second kappa shape index (κ2) is 3.88. The molecule has 4 nitrogen and oxygen atoms in total. The van der Waals surface area contributed by atoms with Gasteiger partial charge in [-0.05, 0) is 0 Å². The fourth-order valence-electron chi connectivity index (χ4n) is 0.664.